The second kappa shape index (κ2) is 46.4. The van der Waals surface area contributed by atoms with Gasteiger partial charge in [-0.2, -0.15) is 0 Å². The van der Waals surface area contributed by atoms with Gasteiger partial charge in [0.05, 0.1) is 13.2 Å². The Balaban J connectivity index is -0.000000767. The Kier molecular flexibility index (Phi) is 51.2. The summed E-state index contributed by atoms with van der Waals surface area (Å²) in [6.07, 6.45) is 44.6. The van der Waals surface area contributed by atoms with Crippen LogP contribution in [0.15, 0.2) is 24.3 Å². The second-order valence-corrected chi connectivity index (χ2v) is 13.6. The molecule has 0 aromatic rings. The van der Waals surface area contributed by atoms with Crippen LogP contribution < -0.4 is 9.79 Å². The predicted molar refractivity (Wildman–Crippen MR) is 189 cm³/mol. The standard InChI is InChI=1S/2C18H37O3P.Ni/c2*1-2-3-4-5-6-7-8-9-10-11-12-13-14-15-16-17-18-21-22(19)20;/h2*9-10,22H,2-8,11-18H2,1H3,(H,19,20);/q;;+2/p-2/b2*10-9-;. The van der Waals surface area contributed by atoms with Crippen LogP contribution in [0.4, 0.5) is 0 Å². The minimum atomic E-state index is -2.96. The Labute approximate surface area is 291 Å². The SMILES string of the molecule is CCCCCCCC/C=C\CCCCCCCCO[PH](=O)[O-].CCCCCCCC/C=C\CCCCCCCCO[PH](=O)[O-].[Ni+2]. The largest absolute Gasteiger partial charge is 2.00 e. The molecule has 0 amide bonds. The van der Waals surface area contributed by atoms with Crippen molar-refractivity contribution in [2.75, 3.05) is 13.2 Å². The summed E-state index contributed by atoms with van der Waals surface area (Å²) in [6.45, 7) is 5.25. The van der Waals surface area contributed by atoms with Gasteiger partial charge in [0.15, 0.2) is 0 Å². The molecule has 45 heavy (non-hydrogen) atoms. The van der Waals surface area contributed by atoms with Gasteiger partial charge >= 0.3 is 16.5 Å². The third kappa shape index (κ3) is 54.0. The Morgan fingerprint density at radius 2 is 0.622 bits per heavy atom. The Morgan fingerprint density at radius 1 is 0.400 bits per heavy atom. The average molecular weight is 722 g/mol. The fraction of sp³-hybridized carbons (Fsp3) is 0.889. The maximum absolute atomic E-state index is 10.2. The van der Waals surface area contributed by atoms with E-state index in [9.17, 15) is 18.9 Å². The summed E-state index contributed by atoms with van der Waals surface area (Å²) >= 11 is 0. The number of allylic oxidation sites excluding steroid dienone is 4. The topological polar surface area (TPSA) is 98.7 Å². The molecule has 0 spiro atoms. The molecule has 9 heteroatoms. The van der Waals surface area contributed by atoms with Crippen molar-refractivity contribution in [3.63, 3.8) is 0 Å². The van der Waals surface area contributed by atoms with Gasteiger partial charge in [-0.1, -0.05) is 154 Å². The van der Waals surface area contributed by atoms with Gasteiger partial charge in [-0.25, -0.2) is 0 Å². The third-order valence-electron chi connectivity index (χ3n) is 7.75. The maximum Gasteiger partial charge on any atom is 2.00 e. The number of rotatable bonds is 34. The fourth-order valence-corrected chi connectivity index (χ4v) is 5.63. The van der Waals surface area contributed by atoms with E-state index in [1.54, 1.807) is 0 Å². The molecule has 0 rings (SSSR count). The molecule has 0 aromatic heterocycles. The second-order valence-electron chi connectivity index (χ2n) is 12.1. The van der Waals surface area contributed by atoms with Gasteiger partial charge in [0, 0.05) is 0 Å². The van der Waals surface area contributed by atoms with Crippen molar-refractivity contribution in [1.82, 2.24) is 0 Å². The smallest absolute Gasteiger partial charge is 0.781 e. The van der Waals surface area contributed by atoms with E-state index >= 15 is 0 Å². The first kappa shape index (κ1) is 49.7. The molecular formula is C36H72NiO6P2. The van der Waals surface area contributed by atoms with Gasteiger partial charge in [-0.05, 0) is 64.2 Å². The van der Waals surface area contributed by atoms with Crippen LogP contribution in [-0.2, 0) is 34.7 Å². The van der Waals surface area contributed by atoms with E-state index in [4.69, 9.17) is 0 Å². The molecular weight excluding hydrogens is 649 g/mol. The Morgan fingerprint density at radius 3 is 0.867 bits per heavy atom. The van der Waals surface area contributed by atoms with Gasteiger partial charge < -0.3 is 28.0 Å². The zero-order valence-electron chi connectivity index (χ0n) is 29.3. The summed E-state index contributed by atoms with van der Waals surface area (Å²) in [5.41, 5.74) is 0. The van der Waals surface area contributed by atoms with Crippen molar-refractivity contribution in [2.24, 2.45) is 0 Å². The van der Waals surface area contributed by atoms with E-state index in [-0.39, 0.29) is 16.5 Å². The van der Waals surface area contributed by atoms with E-state index in [0.717, 1.165) is 25.7 Å². The quantitative estimate of drug-likeness (QED) is 0.0284. The molecule has 272 valence electrons. The molecule has 0 aliphatic heterocycles. The number of hydrogen-bond donors (Lipinski definition) is 0. The zero-order valence-corrected chi connectivity index (χ0v) is 32.3. The molecule has 0 N–H and O–H groups in total. The summed E-state index contributed by atoms with van der Waals surface area (Å²) in [6, 6.07) is 0. The molecule has 0 aliphatic carbocycles. The van der Waals surface area contributed by atoms with Crippen LogP contribution in [0.5, 0.6) is 0 Å². The van der Waals surface area contributed by atoms with Gasteiger partial charge in [0.25, 0.3) is 0 Å². The Bertz CT molecular complexity index is 595. The first-order valence-corrected chi connectivity index (χ1v) is 21.0. The van der Waals surface area contributed by atoms with Gasteiger partial charge in [0.1, 0.15) is 16.5 Å². The Hall–Kier alpha value is 0.274. The van der Waals surface area contributed by atoms with Crippen LogP contribution in [0, 0.1) is 0 Å². The van der Waals surface area contributed by atoms with Gasteiger partial charge in [-0.3, -0.25) is 0 Å². The van der Waals surface area contributed by atoms with Crippen molar-refractivity contribution in [1.29, 1.82) is 0 Å². The number of hydrogen-bond acceptors (Lipinski definition) is 6. The first-order valence-electron chi connectivity index (χ1n) is 18.5. The summed E-state index contributed by atoms with van der Waals surface area (Å²) in [5.74, 6) is 0. The van der Waals surface area contributed by atoms with Crippen molar-refractivity contribution >= 4 is 16.5 Å². The third-order valence-corrected chi connectivity index (χ3v) is 8.63. The van der Waals surface area contributed by atoms with E-state index in [2.05, 4.69) is 47.2 Å². The summed E-state index contributed by atoms with van der Waals surface area (Å²) < 4.78 is 29.5. The van der Waals surface area contributed by atoms with Crippen molar-refractivity contribution < 1.29 is 44.5 Å². The monoisotopic (exact) mass is 720 g/mol. The van der Waals surface area contributed by atoms with E-state index in [1.807, 2.05) is 0 Å². The van der Waals surface area contributed by atoms with Crippen molar-refractivity contribution in [3.05, 3.63) is 24.3 Å². The molecule has 0 bridgehead atoms. The van der Waals surface area contributed by atoms with Crippen LogP contribution in [-0.4, -0.2) is 13.2 Å². The molecule has 0 saturated heterocycles. The average Bonchev–Trinajstić information content (AvgIpc) is 3.00. The van der Waals surface area contributed by atoms with Crippen molar-refractivity contribution in [2.45, 2.75) is 194 Å². The summed E-state index contributed by atoms with van der Waals surface area (Å²) in [7, 11) is -5.92. The minimum Gasteiger partial charge on any atom is -0.781 e. The van der Waals surface area contributed by atoms with Crippen LogP contribution >= 0.6 is 16.5 Å². The molecule has 0 aromatic carbocycles. The summed E-state index contributed by atoms with van der Waals surface area (Å²) in [4.78, 5) is 20.4. The fourth-order valence-electron chi connectivity index (χ4n) is 5.01. The molecule has 2 unspecified atom stereocenters. The molecule has 0 heterocycles. The molecule has 0 fully saturated rings. The van der Waals surface area contributed by atoms with Crippen molar-refractivity contribution in [3.8, 4) is 0 Å². The predicted octanol–water partition coefficient (Wildman–Crippen LogP) is 11.6. The molecule has 0 saturated carbocycles. The minimum absolute atomic E-state index is 0. The normalized spacial score (nSPS) is 12.7. The summed E-state index contributed by atoms with van der Waals surface area (Å²) in [5, 5.41) is 0. The van der Waals surface area contributed by atoms with Crippen LogP contribution in [0.1, 0.15) is 194 Å². The molecule has 2 atom stereocenters. The van der Waals surface area contributed by atoms with E-state index in [1.165, 1.54) is 154 Å². The van der Waals surface area contributed by atoms with Crippen LogP contribution in [0.25, 0.3) is 0 Å². The van der Waals surface area contributed by atoms with E-state index in [0.29, 0.717) is 13.2 Å². The van der Waals surface area contributed by atoms with Gasteiger partial charge in [0.2, 0.25) is 0 Å². The van der Waals surface area contributed by atoms with Gasteiger partial charge in [-0.15, -0.1) is 0 Å². The number of unbranched alkanes of at least 4 members (excludes halogenated alkanes) is 24. The zero-order chi connectivity index (χ0) is 32.6. The van der Waals surface area contributed by atoms with Crippen LogP contribution in [0.3, 0.4) is 0 Å². The molecule has 6 nitrogen and oxygen atoms in total. The van der Waals surface area contributed by atoms with Crippen LogP contribution in [0.2, 0.25) is 0 Å². The first-order chi connectivity index (χ1) is 21.5. The van der Waals surface area contributed by atoms with E-state index < -0.39 is 16.5 Å². The maximum atomic E-state index is 10.2. The molecule has 0 radical (unpaired) electrons. The molecule has 0 aliphatic rings.